The molecule has 0 bridgehead atoms. The number of amides is 1. The fourth-order valence-corrected chi connectivity index (χ4v) is 1.66. The summed E-state index contributed by atoms with van der Waals surface area (Å²) in [5.74, 6) is -0.409. The van der Waals surface area contributed by atoms with Gasteiger partial charge in [0.1, 0.15) is 6.04 Å². The van der Waals surface area contributed by atoms with E-state index >= 15 is 0 Å². The Morgan fingerprint density at radius 2 is 2.18 bits per heavy atom. The van der Waals surface area contributed by atoms with Gasteiger partial charge in [0, 0.05) is 12.1 Å². The number of carbonyl (C=O) groups is 1. The molecule has 0 saturated carbocycles. The first kappa shape index (κ1) is 11.3. The number of aliphatic hydroxyl groups excluding tert-OH is 1. The second-order valence-electron chi connectivity index (χ2n) is 3.84. The van der Waals surface area contributed by atoms with E-state index in [2.05, 4.69) is 10.6 Å². The highest BCUT2D eigenvalue weighted by Gasteiger charge is 2.29. The molecule has 1 heterocycles. The fourth-order valence-electron chi connectivity index (χ4n) is 1.66. The van der Waals surface area contributed by atoms with E-state index in [0.717, 1.165) is 0 Å². The summed E-state index contributed by atoms with van der Waals surface area (Å²) >= 11 is 0. The average molecular weight is 237 g/mol. The van der Waals surface area contributed by atoms with Crippen LogP contribution in [-0.4, -0.2) is 28.1 Å². The van der Waals surface area contributed by atoms with Crippen molar-refractivity contribution in [1.29, 1.82) is 0 Å². The van der Waals surface area contributed by atoms with Crippen LogP contribution in [0.5, 0.6) is 0 Å². The molecule has 3 N–H and O–H groups in total. The lowest BCUT2D eigenvalue weighted by atomic mass is 10.1. The van der Waals surface area contributed by atoms with Gasteiger partial charge in [-0.05, 0) is 13.0 Å². The van der Waals surface area contributed by atoms with Gasteiger partial charge in [-0.1, -0.05) is 0 Å². The van der Waals surface area contributed by atoms with Crippen molar-refractivity contribution < 1.29 is 14.8 Å². The second kappa shape index (κ2) is 4.02. The zero-order valence-electron chi connectivity index (χ0n) is 9.01. The molecule has 0 aliphatic carbocycles. The van der Waals surface area contributed by atoms with Gasteiger partial charge in [0.2, 0.25) is 5.91 Å². The molecule has 0 spiro atoms. The molecular weight excluding hydrogens is 226 g/mol. The summed E-state index contributed by atoms with van der Waals surface area (Å²) in [5, 5.41) is 25.3. The Labute approximate surface area is 96.6 Å². The average Bonchev–Trinajstić information content (AvgIpc) is 2.26. The number of anilines is 2. The summed E-state index contributed by atoms with van der Waals surface area (Å²) in [7, 11) is 0. The quantitative estimate of drug-likeness (QED) is 0.519. The number of nitro benzene ring substituents is 1. The number of rotatable bonds is 2. The molecule has 1 aromatic rings. The van der Waals surface area contributed by atoms with Crippen LogP contribution in [0.15, 0.2) is 18.2 Å². The van der Waals surface area contributed by atoms with Gasteiger partial charge in [-0.3, -0.25) is 14.9 Å². The van der Waals surface area contributed by atoms with Crippen LogP contribution in [0.1, 0.15) is 6.92 Å². The van der Waals surface area contributed by atoms with Gasteiger partial charge in [-0.25, -0.2) is 0 Å². The molecule has 90 valence electrons. The van der Waals surface area contributed by atoms with Crippen molar-refractivity contribution in [2.45, 2.75) is 19.1 Å². The minimum atomic E-state index is -0.849. The minimum absolute atomic E-state index is 0.0960. The fraction of sp³-hybridized carbons (Fsp3) is 0.300. The van der Waals surface area contributed by atoms with E-state index in [9.17, 15) is 20.0 Å². The molecule has 1 aliphatic rings. The van der Waals surface area contributed by atoms with Crippen LogP contribution in [0.2, 0.25) is 0 Å². The van der Waals surface area contributed by atoms with Crippen molar-refractivity contribution in [3.63, 3.8) is 0 Å². The Kier molecular flexibility index (Phi) is 2.68. The number of carbonyl (C=O) groups excluding carboxylic acids is 1. The zero-order valence-corrected chi connectivity index (χ0v) is 9.01. The lowest BCUT2D eigenvalue weighted by Gasteiger charge is -2.28. The van der Waals surface area contributed by atoms with E-state index in [-0.39, 0.29) is 5.69 Å². The molecule has 0 fully saturated rings. The summed E-state index contributed by atoms with van der Waals surface area (Å²) in [6, 6.07) is 3.37. The number of nitrogens with one attached hydrogen (secondary N) is 2. The van der Waals surface area contributed by atoms with E-state index in [1.165, 1.54) is 25.1 Å². The molecule has 17 heavy (non-hydrogen) atoms. The minimum Gasteiger partial charge on any atom is -0.391 e. The number of hydrogen-bond acceptors (Lipinski definition) is 5. The van der Waals surface area contributed by atoms with Crippen molar-refractivity contribution >= 4 is 23.0 Å². The van der Waals surface area contributed by atoms with Crippen LogP contribution >= 0.6 is 0 Å². The van der Waals surface area contributed by atoms with E-state index < -0.39 is 23.0 Å². The normalized spacial score (nSPS) is 19.9. The molecule has 1 aromatic carbocycles. The summed E-state index contributed by atoms with van der Waals surface area (Å²) in [6.45, 7) is 1.49. The van der Waals surface area contributed by atoms with E-state index in [0.29, 0.717) is 11.4 Å². The number of fused-ring (bicyclic) bond motifs is 1. The Balaban J connectivity index is 2.35. The maximum atomic E-state index is 11.6. The topological polar surface area (TPSA) is 104 Å². The van der Waals surface area contributed by atoms with E-state index in [1.807, 2.05) is 0 Å². The summed E-state index contributed by atoms with van der Waals surface area (Å²) < 4.78 is 0. The molecule has 0 saturated heterocycles. The summed E-state index contributed by atoms with van der Waals surface area (Å²) in [4.78, 5) is 21.6. The first-order valence-electron chi connectivity index (χ1n) is 5.03. The van der Waals surface area contributed by atoms with Crippen LogP contribution in [0.25, 0.3) is 0 Å². The monoisotopic (exact) mass is 237 g/mol. The highest BCUT2D eigenvalue weighted by Crippen LogP contribution is 2.30. The van der Waals surface area contributed by atoms with Gasteiger partial charge in [0.15, 0.2) is 0 Å². The van der Waals surface area contributed by atoms with Gasteiger partial charge in [-0.2, -0.15) is 0 Å². The molecule has 1 aliphatic heterocycles. The maximum absolute atomic E-state index is 11.6. The van der Waals surface area contributed by atoms with Crippen molar-refractivity contribution in [3.05, 3.63) is 28.3 Å². The Morgan fingerprint density at radius 1 is 1.47 bits per heavy atom. The van der Waals surface area contributed by atoms with Crippen molar-refractivity contribution in [1.82, 2.24) is 0 Å². The number of nitro groups is 1. The maximum Gasteiger partial charge on any atom is 0.271 e. The summed E-state index contributed by atoms with van der Waals surface area (Å²) in [6.07, 6.45) is -0.849. The number of hydrogen-bond donors (Lipinski definition) is 3. The van der Waals surface area contributed by atoms with Crippen molar-refractivity contribution in [2.75, 3.05) is 10.6 Å². The highest BCUT2D eigenvalue weighted by molar-refractivity contribution is 6.03. The van der Waals surface area contributed by atoms with Crippen LogP contribution in [-0.2, 0) is 4.79 Å². The number of non-ortho nitro benzene ring substituents is 1. The standard InChI is InChI=1S/C10H11N3O4/c1-5(14)9-10(15)12-8-4-6(13(16)17)2-3-7(8)11-9/h2-5,9,11,14H,1H3,(H,12,15)/t5-,9-/m1/s1. The van der Waals surface area contributed by atoms with Gasteiger partial charge in [0.05, 0.1) is 22.4 Å². The number of nitrogens with zero attached hydrogens (tertiary/aromatic N) is 1. The van der Waals surface area contributed by atoms with Gasteiger partial charge >= 0.3 is 0 Å². The third kappa shape index (κ3) is 2.04. The lowest BCUT2D eigenvalue weighted by molar-refractivity contribution is -0.384. The largest absolute Gasteiger partial charge is 0.391 e. The molecule has 7 heteroatoms. The van der Waals surface area contributed by atoms with Crippen molar-refractivity contribution in [2.24, 2.45) is 0 Å². The van der Waals surface area contributed by atoms with Gasteiger partial charge in [0.25, 0.3) is 5.69 Å². The molecule has 1 amide bonds. The molecule has 0 radical (unpaired) electrons. The number of benzene rings is 1. The molecule has 2 atom stereocenters. The van der Waals surface area contributed by atoms with Crippen molar-refractivity contribution in [3.8, 4) is 0 Å². The Bertz CT molecular complexity index is 486. The van der Waals surface area contributed by atoms with E-state index in [1.54, 1.807) is 0 Å². The first-order valence-corrected chi connectivity index (χ1v) is 5.03. The van der Waals surface area contributed by atoms with Gasteiger partial charge in [-0.15, -0.1) is 0 Å². The predicted octanol–water partition coefficient (Wildman–Crippen LogP) is 0.708. The molecule has 0 unspecified atom stereocenters. The SMILES string of the molecule is C[C@@H](O)[C@H]1Nc2ccc([N+](=O)[O-])cc2NC1=O. The van der Waals surface area contributed by atoms with Crippen LogP contribution < -0.4 is 10.6 Å². The Hall–Kier alpha value is -2.15. The van der Waals surface area contributed by atoms with Gasteiger partial charge < -0.3 is 15.7 Å². The lowest BCUT2D eigenvalue weighted by Crippen LogP contribution is -2.45. The smallest absolute Gasteiger partial charge is 0.271 e. The van der Waals surface area contributed by atoms with Crippen LogP contribution in [0.4, 0.5) is 17.1 Å². The predicted molar refractivity (Wildman–Crippen MR) is 60.8 cm³/mol. The zero-order chi connectivity index (χ0) is 12.6. The third-order valence-electron chi connectivity index (χ3n) is 2.55. The highest BCUT2D eigenvalue weighted by atomic mass is 16.6. The molecule has 0 aromatic heterocycles. The Morgan fingerprint density at radius 3 is 2.76 bits per heavy atom. The van der Waals surface area contributed by atoms with Crippen LogP contribution in [0, 0.1) is 10.1 Å². The van der Waals surface area contributed by atoms with E-state index in [4.69, 9.17) is 0 Å². The first-order chi connectivity index (χ1) is 7.99. The van der Waals surface area contributed by atoms with Crippen LogP contribution in [0.3, 0.4) is 0 Å². The molecule has 7 nitrogen and oxygen atoms in total. The molecule has 2 rings (SSSR count). The molecular formula is C10H11N3O4. The summed E-state index contributed by atoms with van der Waals surface area (Å²) in [5.41, 5.74) is 0.809. The second-order valence-corrected chi connectivity index (χ2v) is 3.84. The number of aliphatic hydroxyl groups is 1. The third-order valence-corrected chi connectivity index (χ3v) is 2.55.